The van der Waals surface area contributed by atoms with Crippen molar-refractivity contribution in [3.8, 4) is 28.5 Å². The van der Waals surface area contributed by atoms with Gasteiger partial charge in [-0.1, -0.05) is 48.5 Å². The Hall–Kier alpha value is -3.34. The summed E-state index contributed by atoms with van der Waals surface area (Å²) in [6, 6.07) is 18.4. The Morgan fingerprint density at radius 1 is 0.963 bits per heavy atom. The molecule has 136 valence electrons. The highest BCUT2D eigenvalue weighted by Crippen LogP contribution is 2.30. The van der Waals surface area contributed by atoms with Gasteiger partial charge in [-0.15, -0.1) is 0 Å². The van der Waals surface area contributed by atoms with E-state index in [9.17, 15) is 0 Å². The van der Waals surface area contributed by atoms with Crippen LogP contribution in [-0.2, 0) is 20.0 Å². The number of nitrogens with zero attached hydrogens (tertiary/aromatic N) is 4. The highest BCUT2D eigenvalue weighted by atomic mass is 16.5. The molecule has 0 atom stereocenters. The number of hydrogen-bond acceptors (Lipinski definition) is 3. The third kappa shape index (κ3) is 3.36. The first-order chi connectivity index (χ1) is 13.3. The monoisotopic (exact) mass is 358 g/mol. The molecule has 2 heterocycles. The fraction of sp³-hybridized carbons (Fsp3) is 0.182. The van der Waals surface area contributed by atoms with Gasteiger partial charge in [0.25, 0.3) is 0 Å². The van der Waals surface area contributed by atoms with E-state index < -0.39 is 0 Å². The van der Waals surface area contributed by atoms with Crippen molar-refractivity contribution >= 4 is 0 Å². The Morgan fingerprint density at radius 2 is 1.74 bits per heavy atom. The minimum atomic E-state index is 0.794. The van der Waals surface area contributed by atoms with Crippen LogP contribution in [0.15, 0.2) is 73.3 Å². The maximum atomic E-state index is 5.49. The van der Waals surface area contributed by atoms with Crippen LogP contribution in [0, 0.1) is 0 Å². The van der Waals surface area contributed by atoms with E-state index in [2.05, 4.69) is 27.8 Å². The number of aromatic nitrogens is 4. The van der Waals surface area contributed by atoms with Crippen LogP contribution in [0.5, 0.6) is 5.75 Å². The maximum Gasteiger partial charge on any atom is 0.158 e. The Morgan fingerprint density at radius 3 is 2.48 bits per heavy atom. The minimum absolute atomic E-state index is 0.794. The first kappa shape index (κ1) is 17.1. The van der Waals surface area contributed by atoms with Crippen LogP contribution in [-0.4, -0.2) is 26.2 Å². The summed E-state index contributed by atoms with van der Waals surface area (Å²) in [5.74, 6) is 1.82. The number of methoxy groups -OCH3 is 1. The van der Waals surface area contributed by atoms with Gasteiger partial charge in [0.2, 0.25) is 0 Å². The van der Waals surface area contributed by atoms with Crippen LogP contribution in [0.3, 0.4) is 0 Å². The lowest BCUT2D eigenvalue weighted by atomic mass is 10.1. The fourth-order valence-corrected chi connectivity index (χ4v) is 3.34. The van der Waals surface area contributed by atoms with Gasteiger partial charge in [-0.05, 0) is 18.1 Å². The highest BCUT2D eigenvalue weighted by molar-refractivity contribution is 5.75. The molecule has 2 aromatic heterocycles. The Bertz CT molecular complexity index is 1030. The first-order valence-corrected chi connectivity index (χ1v) is 8.98. The summed E-state index contributed by atoms with van der Waals surface area (Å²) in [4.78, 5) is 9.29. The molecule has 0 aliphatic heterocycles. The van der Waals surface area contributed by atoms with Crippen molar-refractivity contribution in [1.82, 2.24) is 19.1 Å². The van der Waals surface area contributed by atoms with E-state index in [0.29, 0.717) is 0 Å². The van der Waals surface area contributed by atoms with Crippen molar-refractivity contribution in [2.45, 2.75) is 13.0 Å². The van der Waals surface area contributed by atoms with Gasteiger partial charge in [0.1, 0.15) is 11.4 Å². The van der Waals surface area contributed by atoms with E-state index >= 15 is 0 Å². The van der Waals surface area contributed by atoms with E-state index in [1.54, 1.807) is 7.11 Å². The lowest BCUT2D eigenvalue weighted by Gasteiger charge is -2.12. The predicted molar refractivity (Wildman–Crippen MR) is 107 cm³/mol. The molecule has 2 aromatic carbocycles. The summed E-state index contributed by atoms with van der Waals surface area (Å²) in [7, 11) is 3.72. The Labute approximate surface area is 158 Å². The van der Waals surface area contributed by atoms with Crippen molar-refractivity contribution in [2.75, 3.05) is 7.11 Å². The third-order valence-corrected chi connectivity index (χ3v) is 4.73. The molecule has 0 N–H and O–H groups in total. The van der Waals surface area contributed by atoms with Gasteiger partial charge in [-0.3, -0.25) is 0 Å². The molecule has 0 aliphatic rings. The lowest BCUT2D eigenvalue weighted by Crippen LogP contribution is -2.06. The molecule has 4 rings (SSSR count). The number of benzene rings is 2. The van der Waals surface area contributed by atoms with Gasteiger partial charge in [-0.2, -0.15) is 0 Å². The van der Waals surface area contributed by atoms with Gasteiger partial charge in [0.15, 0.2) is 5.82 Å². The predicted octanol–water partition coefficient (Wildman–Crippen LogP) is 4.20. The van der Waals surface area contributed by atoms with Crippen LogP contribution >= 0.6 is 0 Å². The van der Waals surface area contributed by atoms with Gasteiger partial charge >= 0.3 is 0 Å². The minimum Gasteiger partial charge on any atom is -0.496 e. The first-order valence-electron chi connectivity index (χ1n) is 8.98. The maximum absolute atomic E-state index is 5.49. The van der Waals surface area contributed by atoms with Crippen LogP contribution in [0.2, 0.25) is 0 Å². The van der Waals surface area contributed by atoms with Crippen molar-refractivity contribution in [3.05, 3.63) is 78.9 Å². The van der Waals surface area contributed by atoms with Crippen molar-refractivity contribution in [1.29, 1.82) is 0 Å². The zero-order chi connectivity index (χ0) is 18.6. The second-order valence-corrected chi connectivity index (χ2v) is 6.42. The molecule has 5 heteroatoms. The summed E-state index contributed by atoms with van der Waals surface area (Å²) in [6.07, 6.45) is 6.54. The second kappa shape index (κ2) is 7.50. The van der Waals surface area contributed by atoms with E-state index in [1.165, 1.54) is 5.56 Å². The molecular formula is C22H22N4O. The van der Waals surface area contributed by atoms with Crippen LogP contribution in [0.25, 0.3) is 22.8 Å². The smallest absolute Gasteiger partial charge is 0.158 e. The summed E-state index contributed by atoms with van der Waals surface area (Å²) in [5, 5.41) is 0. The summed E-state index contributed by atoms with van der Waals surface area (Å²) >= 11 is 0. The van der Waals surface area contributed by atoms with Gasteiger partial charge in [-0.25, -0.2) is 9.97 Å². The van der Waals surface area contributed by atoms with E-state index in [-0.39, 0.29) is 0 Å². The van der Waals surface area contributed by atoms with Crippen LogP contribution < -0.4 is 4.74 Å². The molecule has 0 saturated carbocycles. The van der Waals surface area contributed by atoms with Gasteiger partial charge in [0.05, 0.1) is 19.1 Å². The number of aryl methyl sites for hydroxylation is 3. The van der Waals surface area contributed by atoms with Crippen molar-refractivity contribution in [2.24, 2.45) is 7.05 Å². The molecule has 0 spiro atoms. The van der Waals surface area contributed by atoms with Crippen molar-refractivity contribution in [3.63, 3.8) is 0 Å². The molecule has 4 aromatic rings. The highest BCUT2D eigenvalue weighted by Gasteiger charge is 2.18. The summed E-state index contributed by atoms with van der Waals surface area (Å²) < 4.78 is 9.70. The zero-order valence-corrected chi connectivity index (χ0v) is 15.5. The SMILES string of the molecule is COc1ccccc1CCn1cnc(-c2ccccc2)c1-c1nccn1C. The second-order valence-electron chi connectivity index (χ2n) is 6.42. The molecule has 0 bridgehead atoms. The van der Waals surface area contributed by atoms with E-state index in [1.807, 2.05) is 66.7 Å². The summed E-state index contributed by atoms with van der Waals surface area (Å²) in [5.41, 5.74) is 4.25. The lowest BCUT2D eigenvalue weighted by molar-refractivity contribution is 0.408. The number of rotatable bonds is 6. The molecule has 0 saturated heterocycles. The third-order valence-electron chi connectivity index (χ3n) is 4.73. The van der Waals surface area contributed by atoms with E-state index in [0.717, 1.165) is 41.5 Å². The van der Waals surface area contributed by atoms with E-state index in [4.69, 9.17) is 9.72 Å². The summed E-state index contributed by atoms with van der Waals surface area (Å²) in [6.45, 7) is 0.794. The standard InChI is InChI=1S/C22H22N4O/c1-25-15-13-23-22(25)21-20(18-9-4-3-5-10-18)24-16-26(21)14-12-17-8-6-7-11-19(17)27-2/h3-11,13,15-16H,12,14H2,1-2H3. The quantitative estimate of drug-likeness (QED) is 0.519. The molecule has 0 aliphatic carbocycles. The topological polar surface area (TPSA) is 44.9 Å². The average Bonchev–Trinajstić information content (AvgIpc) is 3.32. The Balaban J connectivity index is 1.73. The number of imidazole rings is 2. The van der Waals surface area contributed by atoms with Crippen LogP contribution in [0.4, 0.5) is 0 Å². The normalized spacial score (nSPS) is 10.9. The van der Waals surface area contributed by atoms with Gasteiger partial charge in [0, 0.05) is 31.5 Å². The molecule has 5 nitrogen and oxygen atoms in total. The van der Waals surface area contributed by atoms with Crippen LogP contribution in [0.1, 0.15) is 5.56 Å². The number of ether oxygens (including phenoxy) is 1. The molecule has 0 radical (unpaired) electrons. The molecule has 27 heavy (non-hydrogen) atoms. The molecular weight excluding hydrogens is 336 g/mol. The number of hydrogen-bond donors (Lipinski definition) is 0. The molecule has 0 unspecified atom stereocenters. The molecule has 0 amide bonds. The van der Waals surface area contributed by atoms with Crippen molar-refractivity contribution < 1.29 is 4.74 Å². The number of para-hydroxylation sites is 1. The van der Waals surface area contributed by atoms with Gasteiger partial charge < -0.3 is 13.9 Å². The Kier molecular flexibility index (Phi) is 4.75. The largest absolute Gasteiger partial charge is 0.496 e. The zero-order valence-electron chi connectivity index (χ0n) is 15.5. The average molecular weight is 358 g/mol. The molecule has 0 fully saturated rings. The fourth-order valence-electron chi connectivity index (χ4n) is 3.34.